The molecule has 0 atom stereocenters. The summed E-state index contributed by atoms with van der Waals surface area (Å²) in [5.74, 6) is 0.355. The zero-order chi connectivity index (χ0) is 16.4. The van der Waals surface area contributed by atoms with Crippen molar-refractivity contribution in [1.82, 2.24) is 9.88 Å². The Balaban J connectivity index is 1.90. The molecular weight excluding hydrogens is 361 g/mol. The van der Waals surface area contributed by atoms with Gasteiger partial charge < -0.3 is 14.9 Å². The van der Waals surface area contributed by atoms with Crippen molar-refractivity contribution >= 4 is 21.7 Å². The summed E-state index contributed by atoms with van der Waals surface area (Å²) < 4.78 is 14.8. The number of nitrogens with zero attached hydrogens (tertiary/aromatic N) is 3. The molecule has 2 heterocycles. The van der Waals surface area contributed by atoms with Crippen LogP contribution in [0.15, 0.2) is 34.8 Å². The monoisotopic (exact) mass is 379 g/mol. The van der Waals surface area contributed by atoms with Gasteiger partial charge in [-0.25, -0.2) is 9.37 Å². The first-order valence-electron chi connectivity index (χ1n) is 7.71. The van der Waals surface area contributed by atoms with Crippen molar-refractivity contribution in [2.45, 2.75) is 6.92 Å². The summed E-state index contributed by atoms with van der Waals surface area (Å²) in [6.45, 7) is 6.94. The highest BCUT2D eigenvalue weighted by Crippen LogP contribution is 2.32. The van der Waals surface area contributed by atoms with E-state index in [1.54, 1.807) is 24.3 Å². The van der Waals surface area contributed by atoms with Crippen LogP contribution in [-0.4, -0.2) is 47.7 Å². The van der Waals surface area contributed by atoms with E-state index in [1.807, 2.05) is 0 Å². The standard InChI is InChI=1S/C17H19BrFN3O/c1-2-21-7-9-22(10-8-21)16-6-5-15(23)17(20-16)13-4-3-12(18)11-14(13)19/h3-6,11,23H,2,7-10H2,1H3. The topological polar surface area (TPSA) is 39.6 Å². The Morgan fingerprint density at radius 3 is 2.57 bits per heavy atom. The minimum Gasteiger partial charge on any atom is -0.506 e. The van der Waals surface area contributed by atoms with Gasteiger partial charge in [-0.2, -0.15) is 0 Å². The lowest BCUT2D eigenvalue weighted by Crippen LogP contribution is -2.46. The van der Waals surface area contributed by atoms with E-state index >= 15 is 0 Å². The number of piperazine rings is 1. The number of pyridine rings is 1. The third kappa shape index (κ3) is 3.48. The number of aromatic hydroxyl groups is 1. The van der Waals surface area contributed by atoms with E-state index < -0.39 is 5.82 Å². The second-order valence-corrected chi connectivity index (χ2v) is 6.50. The molecule has 3 rings (SSSR count). The van der Waals surface area contributed by atoms with Crippen LogP contribution < -0.4 is 4.90 Å². The van der Waals surface area contributed by atoms with Crippen molar-refractivity contribution in [3.05, 3.63) is 40.6 Å². The Bertz CT molecular complexity index is 702. The van der Waals surface area contributed by atoms with E-state index in [0.717, 1.165) is 38.5 Å². The molecular formula is C17H19BrFN3O. The first kappa shape index (κ1) is 16.2. The molecule has 1 N–H and O–H groups in total. The molecule has 0 unspecified atom stereocenters. The quantitative estimate of drug-likeness (QED) is 0.885. The number of anilines is 1. The molecule has 0 aliphatic carbocycles. The van der Waals surface area contributed by atoms with Gasteiger partial charge in [0, 0.05) is 36.2 Å². The fourth-order valence-corrected chi connectivity index (χ4v) is 3.12. The van der Waals surface area contributed by atoms with E-state index in [-0.39, 0.29) is 11.4 Å². The van der Waals surface area contributed by atoms with Crippen LogP contribution in [0.2, 0.25) is 0 Å². The average molecular weight is 380 g/mol. The van der Waals surface area contributed by atoms with Gasteiger partial charge in [-0.05, 0) is 36.9 Å². The predicted octanol–water partition coefficient (Wildman–Crippen LogP) is 3.50. The Morgan fingerprint density at radius 1 is 1.17 bits per heavy atom. The highest BCUT2D eigenvalue weighted by molar-refractivity contribution is 9.10. The van der Waals surface area contributed by atoms with Crippen LogP contribution in [0.3, 0.4) is 0 Å². The highest BCUT2D eigenvalue weighted by Gasteiger charge is 2.19. The lowest BCUT2D eigenvalue weighted by atomic mass is 10.1. The summed E-state index contributed by atoms with van der Waals surface area (Å²) in [6.07, 6.45) is 0. The molecule has 1 aliphatic rings. The second kappa shape index (κ2) is 6.84. The Kier molecular flexibility index (Phi) is 4.82. The molecule has 1 aromatic heterocycles. The molecule has 23 heavy (non-hydrogen) atoms. The number of halogens is 2. The van der Waals surface area contributed by atoms with Crippen LogP contribution in [0, 0.1) is 5.82 Å². The molecule has 1 aromatic carbocycles. The molecule has 0 amide bonds. The normalized spacial score (nSPS) is 15.9. The fourth-order valence-electron chi connectivity index (χ4n) is 2.79. The van der Waals surface area contributed by atoms with Gasteiger partial charge in [-0.15, -0.1) is 0 Å². The molecule has 0 bridgehead atoms. The molecule has 2 aromatic rings. The summed E-state index contributed by atoms with van der Waals surface area (Å²) in [5.41, 5.74) is 0.588. The van der Waals surface area contributed by atoms with Crippen LogP contribution in [0.4, 0.5) is 10.2 Å². The van der Waals surface area contributed by atoms with Gasteiger partial charge in [-0.3, -0.25) is 0 Å². The number of rotatable bonds is 3. The molecule has 1 aliphatic heterocycles. The summed E-state index contributed by atoms with van der Waals surface area (Å²) in [4.78, 5) is 9.06. The number of likely N-dealkylation sites (N-methyl/N-ethyl adjacent to an activating group) is 1. The van der Waals surface area contributed by atoms with Crippen molar-refractivity contribution in [1.29, 1.82) is 0 Å². The van der Waals surface area contributed by atoms with Crippen LogP contribution >= 0.6 is 15.9 Å². The van der Waals surface area contributed by atoms with E-state index in [1.165, 1.54) is 6.07 Å². The van der Waals surface area contributed by atoms with E-state index in [2.05, 4.69) is 37.6 Å². The zero-order valence-corrected chi connectivity index (χ0v) is 14.6. The van der Waals surface area contributed by atoms with Gasteiger partial charge >= 0.3 is 0 Å². The summed E-state index contributed by atoms with van der Waals surface area (Å²) in [7, 11) is 0. The smallest absolute Gasteiger partial charge is 0.142 e. The van der Waals surface area contributed by atoms with Crippen molar-refractivity contribution in [3.63, 3.8) is 0 Å². The molecule has 1 saturated heterocycles. The van der Waals surface area contributed by atoms with Gasteiger partial charge in [0.25, 0.3) is 0 Å². The maximum absolute atomic E-state index is 14.2. The third-order valence-electron chi connectivity index (χ3n) is 4.19. The van der Waals surface area contributed by atoms with Gasteiger partial charge in [-0.1, -0.05) is 22.9 Å². The first-order valence-corrected chi connectivity index (χ1v) is 8.50. The van der Waals surface area contributed by atoms with E-state index in [4.69, 9.17) is 0 Å². The minimum atomic E-state index is -0.407. The van der Waals surface area contributed by atoms with E-state index in [0.29, 0.717) is 10.0 Å². The molecule has 0 radical (unpaired) electrons. The van der Waals surface area contributed by atoms with Crippen LogP contribution in [0.1, 0.15) is 6.92 Å². The summed E-state index contributed by atoms with van der Waals surface area (Å²) in [5, 5.41) is 10.1. The summed E-state index contributed by atoms with van der Waals surface area (Å²) in [6, 6.07) is 8.12. The predicted molar refractivity (Wildman–Crippen MR) is 93.3 cm³/mol. The highest BCUT2D eigenvalue weighted by atomic mass is 79.9. The Morgan fingerprint density at radius 2 is 1.91 bits per heavy atom. The minimum absolute atomic E-state index is 0.0119. The average Bonchev–Trinajstić information content (AvgIpc) is 2.56. The summed E-state index contributed by atoms with van der Waals surface area (Å²) >= 11 is 3.24. The number of aromatic nitrogens is 1. The largest absolute Gasteiger partial charge is 0.506 e. The fraction of sp³-hybridized carbons (Fsp3) is 0.353. The van der Waals surface area contributed by atoms with Gasteiger partial charge in [0.05, 0.1) is 0 Å². The van der Waals surface area contributed by atoms with E-state index in [9.17, 15) is 9.50 Å². The Hall–Kier alpha value is -1.66. The van der Waals surface area contributed by atoms with Crippen molar-refractivity contribution in [2.24, 2.45) is 0 Å². The maximum atomic E-state index is 14.2. The molecule has 0 saturated carbocycles. The van der Waals surface area contributed by atoms with Crippen molar-refractivity contribution in [3.8, 4) is 17.0 Å². The molecule has 4 nitrogen and oxygen atoms in total. The zero-order valence-electron chi connectivity index (χ0n) is 13.0. The van der Waals surface area contributed by atoms with Crippen LogP contribution in [-0.2, 0) is 0 Å². The Labute approximate surface area is 143 Å². The molecule has 0 spiro atoms. The van der Waals surface area contributed by atoms with Crippen molar-refractivity contribution in [2.75, 3.05) is 37.6 Å². The molecule has 1 fully saturated rings. The lowest BCUT2D eigenvalue weighted by molar-refractivity contribution is 0.270. The van der Waals surface area contributed by atoms with Crippen molar-refractivity contribution < 1.29 is 9.50 Å². The molecule has 6 heteroatoms. The molecule has 122 valence electrons. The van der Waals surface area contributed by atoms with Crippen LogP contribution in [0.25, 0.3) is 11.3 Å². The van der Waals surface area contributed by atoms with Crippen LogP contribution in [0.5, 0.6) is 5.75 Å². The third-order valence-corrected chi connectivity index (χ3v) is 4.68. The van der Waals surface area contributed by atoms with Gasteiger partial charge in [0.1, 0.15) is 23.1 Å². The lowest BCUT2D eigenvalue weighted by Gasteiger charge is -2.34. The maximum Gasteiger partial charge on any atom is 0.142 e. The number of hydrogen-bond donors (Lipinski definition) is 1. The number of hydrogen-bond acceptors (Lipinski definition) is 4. The van der Waals surface area contributed by atoms with Gasteiger partial charge in [0.2, 0.25) is 0 Å². The van der Waals surface area contributed by atoms with Gasteiger partial charge in [0.15, 0.2) is 0 Å². The number of benzene rings is 1. The SMILES string of the molecule is CCN1CCN(c2ccc(O)c(-c3ccc(Br)cc3F)n2)CC1. The second-order valence-electron chi connectivity index (χ2n) is 5.58. The first-order chi connectivity index (χ1) is 11.1.